The van der Waals surface area contributed by atoms with Crippen molar-refractivity contribution in [3.8, 4) is 0 Å². The zero-order valence-corrected chi connectivity index (χ0v) is 20.9. The highest BCUT2D eigenvalue weighted by molar-refractivity contribution is 14.0. The number of nitrogens with one attached hydrogen (secondary N) is 2. The highest BCUT2D eigenvalue weighted by Crippen LogP contribution is 2.18. The van der Waals surface area contributed by atoms with E-state index in [0.29, 0.717) is 18.1 Å². The minimum absolute atomic E-state index is 0. The van der Waals surface area contributed by atoms with Gasteiger partial charge in [0.15, 0.2) is 5.96 Å². The number of benzene rings is 1. The fraction of sp³-hybridized carbons (Fsp3) is 0.682. The minimum atomic E-state index is 0. The molecule has 1 saturated heterocycles. The Morgan fingerprint density at radius 2 is 1.79 bits per heavy atom. The van der Waals surface area contributed by atoms with Crippen molar-refractivity contribution in [1.82, 2.24) is 20.4 Å². The van der Waals surface area contributed by atoms with Gasteiger partial charge in [0.1, 0.15) is 0 Å². The Balaban J connectivity index is 0.00000392. The summed E-state index contributed by atoms with van der Waals surface area (Å²) in [5.41, 5.74) is 2.72. The van der Waals surface area contributed by atoms with Gasteiger partial charge in [0.2, 0.25) is 0 Å². The Labute approximate surface area is 189 Å². The van der Waals surface area contributed by atoms with Crippen LogP contribution in [0.3, 0.4) is 0 Å². The largest absolute Gasteiger partial charge is 0.354 e. The van der Waals surface area contributed by atoms with E-state index < -0.39 is 0 Å². The summed E-state index contributed by atoms with van der Waals surface area (Å²) in [5, 5.41) is 7.17. The summed E-state index contributed by atoms with van der Waals surface area (Å²) in [6.07, 6.45) is 3.43. The van der Waals surface area contributed by atoms with E-state index in [1.165, 1.54) is 24.0 Å². The van der Waals surface area contributed by atoms with E-state index in [9.17, 15) is 0 Å². The second kappa shape index (κ2) is 12.6. The minimum Gasteiger partial charge on any atom is -0.354 e. The van der Waals surface area contributed by atoms with Crippen LogP contribution in [0.5, 0.6) is 0 Å². The summed E-state index contributed by atoms with van der Waals surface area (Å²) in [6.45, 7) is 9.92. The third-order valence-corrected chi connectivity index (χ3v) is 5.68. The molecule has 0 aliphatic carbocycles. The average Bonchev–Trinajstić information content (AvgIpc) is 2.67. The monoisotopic (exact) mass is 501 g/mol. The van der Waals surface area contributed by atoms with Crippen molar-refractivity contribution in [2.45, 2.75) is 58.2 Å². The number of guanidine groups is 1. The molecule has 1 atom stereocenters. The molecule has 1 heterocycles. The van der Waals surface area contributed by atoms with Gasteiger partial charge in [-0.2, -0.15) is 0 Å². The molecule has 5 nitrogen and oxygen atoms in total. The molecule has 1 aliphatic heterocycles. The second-order valence-corrected chi connectivity index (χ2v) is 8.08. The van der Waals surface area contributed by atoms with E-state index in [2.05, 4.69) is 84.6 Å². The van der Waals surface area contributed by atoms with Gasteiger partial charge in [0, 0.05) is 38.8 Å². The maximum atomic E-state index is 4.45. The maximum Gasteiger partial charge on any atom is 0.191 e. The lowest BCUT2D eigenvalue weighted by Gasteiger charge is -2.35. The van der Waals surface area contributed by atoms with E-state index in [-0.39, 0.29) is 24.0 Å². The van der Waals surface area contributed by atoms with E-state index in [1.54, 1.807) is 0 Å². The number of likely N-dealkylation sites (tertiary alicyclic amines) is 1. The molecule has 1 aliphatic rings. The Kier molecular flexibility index (Phi) is 11.4. The van der Waals surface area contributed by atoms with Crippen molar-refractivity contribution < 1.29 is 0 Å². The number of hydrogen-bond donors (Lipinski definition) is 2. The van der Waals surface area contributed by atoms with Crippen molar-refractivity contribution in [3.63, 3.8) is 0 Å². The van der Waals surface area contributed by atoms with E-state index >= 15 is 0 Å². The number of aliphatic imine (C=N–C) groups is 1. The first-order valence-electron chi connectivity index (χ1n) is 10.4. The zero-order valence-electron chi connectivity index (χ0n) is 18.5. The molecule has 6 heteroatoms. The van der Waals surface area contributed by atoms with Gasteiger partial charge in [-0.3, -0.25) is 4.99 Å². The van der Waals surface area contributed by atoms with E-state index in [0.717, 1.165) is 32.0 Å². The van der Waals surface area contributed by atoms with Crippen molar-refractivity contribution in [2.75, 3.05) is 40.8 Å². The Morgan fingerprint density at radius 1 is 1.18 bits per heavy atom. The highest BCUT2D eigenvalue weighted by Gasteiger charge is 2.22. The molecular weight excluding hydrogens is 461 g/mol. The smallest absolute Gasteiger partial charge is 0.191 e. The van der Waals surface area contributed by atoms with Gasteiger partial charge in [0.25, 0.3) is 0 Å². The molecule has 0 aromatic heterocycles. The van der Waals surface area contributed by atoms with Crippen molar-refractivity contribution >= 4 is 29.9 Å². The topological polar surface area (TPSA) is 42.9 Å². The molecule has 1 aromatic rings. The second-order valence-electron chi connectivity index (χ2n) is 8.08. The molecule has 0 spiro atoms. The fourth-order valence-corrected chi connectivity index (χ4v) is 3.72. The van der Waals surface area contributed by atoms with Gasteiger partial charge in [-0.1, -0.05) is 31.2 Å². The van der Waals surface area contributed by atoms with Gasteiger partial charge in [0.05, 0.1) is 6.04 Å². The van der Waals surface area contributed by atoms with Crippen LogP contribution in [0.1, 0.15) is 50.8 Å². The van der Waals surface area contributed by atoms with Gasteiger partial charge < -0.3 is 20.4 Å². The lowest BCUT2D eigenvalue weighted by atomic mass is 10.0. The average molecular weight is 502 g/mol. The first-order valence-corrected chi connectivity index (χ1v) is 10.4. The third-order valence-electron chi connectivity index (χ3n) is 5.68. The van der Waals surface area contributed by atoms with Gasteiger partial charge in [-0.05, 0) is 58.3 Å². The Hall–Kier alpha value is -0.860. The summed E-state index contributed by atoms with van der Waals surface area (Å²) in [4.78, 5) is 9.27. The number of aryl methyl sites for hydroxylation is 1. The molecule has 0 bridgehead atoms. The van der Waals surface area contributed by atoms with E-state index in [1.807, 2.05) is 7.05 Å². The van der Waals surface area contributed by atoms with Crippen LogP contribution in [0, 0.1) is 0 Å². The van der Waals surface area contributed by atoms with Crippen LogP contribution >= 0.6 is 24.0 Å². The molecule has 1 aromatic carbocycles. The normalized spacial score (nSPS) is 17.5. The van der Waals surface area contributed by atoms with Crippen LogP contribution in [0.25, 0.3) is 0 Å². The maximum absolute atomic E-state index is 4.45. The summed E-state index contributed by atoms with van der Waals surface area (Å²) < 4.78 is 0. The molecule has 0 radical (unpaired) electrons. The van der Waals surface area contributed by atoms with Crippen molar-refractivity contribution in [1.29, 1.82) is 0 Å². The van der Waals surface area contributed by atoms with Gasteiger partial charge >= 0.3 is 0 Å². The van der Waals surface area contributed by atoms with Crippen molar-refractivity contribution in [2.24, 2.45) is 4.99 Å². The van der Waals surface area contributed by atoms with Gasteiger partial charge in [-0.25, -0.2) is 0 Å². The van der Waals surface area contributed by atoms with Gasteiger partial charge in [-0.15, -0.1) is 24.0 Å². The first-order chi connectivity index (χ1) is 12.9. The molecule has 2 rings (SSSR count). The fourth-order valence-electron chi connectivity index (χ4n) is 3.72. The van der Waals surface area contributed by atoms with Crippen molar-refractivity contribution in [3.05, 3.63) is 35.4 Å². The number of rotatable bonds is 7. The summed E-state index contributed by atoms with van der Waals surface area (Å²) >= 11 is 0. The lowest BCUT2D eigenvalue weighted by Crippen LogP contribution is -2.50. The lowest BCUT2D eigenvalue weighted by molar-refractivity contribution is 0.167. The molecule has 1 fully saturated rings. The summed E-state index contributed by atoms with van der Waals surface area (Å²) in [6, 6.07) is 10.4. The molecule has 2 N–H and O–H groups in total. The number of hydrogen-bond acceptors (Lipinski definition) is 3. The Bertz CT molecular complexity index is 577. The molecular formula is C22H40IN5. The number of nitrogens with zero attached hydrogens (tertiary/aromatic N) is 3. The highest BCUT2D eigenvalue weighted by atomic mass is 127. The molecule has 28 heavy (non-hydrogen) atoms. The van der Waals surface area contributed by atoms with Crippen LogP contribution in [-0.4, -0.2) is 68.6 Å². The van der Waals surface area contributed by atoms with E-state index in [4.69, 9.17) is 0 Å². The standard InChI is InChI=1S/C22H39N5.HI/c1-7-18-8-10-19(11-9-18)21(26(5)6)16-24-22(23-4)25-20-12-14-27(15-13-20)17(2)3;/h8-11,17,20-21H,7,12-16H2,1-6H3,(H2,23,24,25);1H. The molecule has 0 amide bonds. The Morgan fingerprint density at radius 3 is 2.25 bits per heavy atom. The SMILES string of the molecule is CCc1ccc(C(CNC(=NC)NC2CCN(C(C)C)CC2)N(C)C)cc1.I. The number of piperidine rings is 1. The molecule has 0 saturated carbocycles. The van der Waals surface area contributed by atoms with Crippen LogP contribution in [0.15, 0.2) is 29.3 Å². The summed E-state index contributed by atoms with van der Waals surface area (Å²) in [5.74, 6) is 0.912. The van der Waals surface area contributed by atoms with Crippen LogP contribution in [-0.2, 0) is 6.42 Å². The molecule has 1 unspecified atom stereocenters. The number of likely N-dealkylation sites (N-methyl/N-ethyl adjacent to an activating group) is 1. The van der Waals surface area contributed by atoms with Crippen LogP contribution in [0.4, 0.5) is 0 Å². The van der Waals surface area contributed by atoms with Crippen LogP contribution < -0.4 is 10.6 Å². The zero-order chi connectivity index (χ0) is 19.8. The number of halogens is 1. The molecule has 160 valence electrons. The third kappa shape index (κ3) is 7.52. The predicted octanol–water partition coefficient (Wildman–Crippen LogP) is 3.51. The quantitative estimate of drug-likeness (QED) is 0.341. The summed E-state index contributed by atoms with van der Waals surface area (Å²) in [7, 11) is 6.13. The predicted molar refractivity (Wildman–Crippen MR) is 132 cm³/mol. The first kappa shape index (κ1) is 25.2. The van der Waals surface area contributed by atoms with Crippen LogP contribution in [0.2, 0.25) is 0 Å².